The van der Waals surface area contributed by atoms with Crippen LogP contribution in [0.3, 0.4) is 0 Å². The van der Waals surface area contributed by atoms with Gasteiger partial charge in [0, 0.05) is 12.0 Å². The predicted octanol–water partition coefficient (Wildman–Crippen LogP) is 3.57. The summed E-state index contributed by atoms with van der Waals surface area (Å²) in [5.41, 5.74) is 4.14. The lowest BCUT2D eigenvalue weighted by Gasteiger charge is -2.05. The van der Waals surface area contributed by atoms with Gasteiger partial charge in [0.05, 0.1) is 0 Å². The van der Waals surface area contributed by atoms with Crippen LogP contribution in [0.25, 0.3) is 5.65 Å². The van der Waals surface area contributed by atoms with Crippen LogP contribution in [-0.2, 0) is 12.8 Å². The van der Waals surface area contributed by atoms with Crippen LogP contribution in [0.4, 0.5) is 0 Å². The Hall–Kier alpha value is -1.94. The average Bonchev–Trinajstić information content (AvgIpc) is 2.89. The van der Waals surface area contributed by atoms with Crippen LogP contribution in [0, 0.1) is 13.8 Å². The highest BCUT2D eigenvalue weighted by Gasteiger charge is 2.13. The fourth-order valence-electron chi connectivity index (χ4n) is 2.39. The summed E-state index contributed by atoms with van der Waals surface area (Å²) in [6.07, 6.45) is 2.87. The number of hydrogen-bond donors (Lipinski definition) is 0. The molecule has 2 heterocycles. The number of aromatic nitrogens is 4. The van der Waals surface area contributed by atoms with Crippen molar-refractivity contribution in [2.75, 3.05) is 0 Å². The molecule has 0 spiro atoms. The summed E-state index contributed by atoms with van der Waals surface area (Å²) in [6.45, 7) is 3.95. The van der Waals surface area contributed by atoms with E-state index in [1.165, 1.54) is 5.56 Å². The maximum atomic E-state index is 6.16. The molecule has 0 saturated carbocycles. The van der Waals surface area contributed by atoms with Crippen LogP contribution >= 0.6 is 11.6 Å². The quantitative estimate of drug-likeness (QED) is 0.740. The highest BCUT2D eigenvalue weighted by molar-refractivity contribution is 6.30. The third kappa shape index (κ3) is 2.76. The number of fused-ring (bicyclic) bond motifs is 1. The summed E-state index contributed by atoms with van der Waals surface area (Å²) < 4.78 is 1.77. The molecule has 21 heavy (non-hydrogen) atoms. The number of benzene rings is 1. The van der Waals surface area contributed by atoms with Crippen LogP contribution < -0.4 is 0 Å². The van der Waals surface area contributed by atoms with Crippen molar-refractivity contribution in [1.29, 1.82) is 0 Å². The summed E-state index contributed by atoms with van der Waals surface area (Å²) in [7, 11) is 0. The first-order valence-electron chi connectivity index (χ1n) is 7.07. The topological polar surface area (TPSA) is 43.1 Å². The van der Waals surface area contributed by atoms with E-state index in [0.717, 1.165) is 41.9 Å². The van der Waals surface area contributed by atoms with Gasteiger partial charge in [0.25, 0.3) is 0 Å². The van der Waals surface area contributed by atoms with Gasteiger partial charge in [-0.3, -0.25) is 0 Å². The number of aryl methyl sites for hydroxylation is 3. The Morgan fingerprint density at radius 3 is 2.52 bits per heavy atom. The van der Waals surface area contributed by atoms with E-state index >= 15 is 0 Å². The predicted molar refractivity (Wildman–Crippen MR) is 83.7 cm³/mol. The zero-order chi connectivity index (χ0) is 14.8. The van der Waals surface area contributed by atoms with Crippen LogP contribution in [0.15, 0.2) is 30.3 Å². The third-order valence-corrected chi connectivity index (χ3v) is 4.17. The molecule has 0 radical (unpaired) electrons. The monoisotopic (exact) mass is 300 g/mol. The normalized spacial score (nSPS) is 11.2. The van der Waals surface area contributed by atoms with E-state index in [0.29, 0.717) is 5.15 Å². The molecule has 0 unspecified atom stereocenters. The van der Waals surface area contributed by atoms with E-state index in [9.17, 15) is 0 Å². The summed E-state index contributed by atoms with van der Waals surface area (Å²) in [5.74, 6) is 0.867. The Morgan fingerprint density at radius 1 is 1.00 bits per heavy atom. The molecule has 3 rings (SSSR count). The zero-order valence-electron chi connectivity index (χ0n) is 12.2. The van der Waals surface area contributed by atoms with Crippen LogP contribution in [-0.4, -0.2) is 19.8 Å². The van der Waals surface area contributed by atoms with Crippen molar-refractivity contribution in [3.8, 4) is 0 Å². The second kappa shape index (κ2) is 5.82. The molecule has 5 heteroatoms. The van der Waals surface area contributed by atoms with Gasteiger partial charge in [-0.2, -0.15) is 9.61 Å². The lowest BCUT2D eigenvalue weighted by molar-refractivity contribution is 0.730. The Bertz CT molecular complexity index is 765. The maximum Gasteiger partial charge on any atom is 0.181 e. The fraction of sp³-hybridized carbons (Fsp3) is 0.312. The molecule has 0 aliphatic rings. The number of halogens is 1. The Balaban J connectivity index is 1.79. The smallest absolute Gasteiger partial charge is 0.181 e. The minimum absolute atomic E-state index is 0.518. The largest absolute Gasteiger partial charge is 0.196 e. The van der Waals surface area contributed by atoms with E-state index in [4.69, 9.17) is 11.6 Å². The molecule has 0 aliphatic carbocycles. The van der Waals surface area contributed by atoms with Gasteiger partial charge in [-0.25, -0.2) is 0 Å². The van der Waals surface area contributed by atoms with Gasteiger partial charge >= 0.3 is 0 Å². The van der Waals surface area contributed by atoms with Crippen molar-refractivity contribution in [3.05, 3.63) is 58.0 Å². The van der Waals surface area contributed by atoms with Crippen molar-refractivity contribution in [2.45, 2.75) is 33.1 Å². The summed E-state index contributed by atoms with van der Waals surface area (Å²) >= 11 is 6.16. The minimum atomic E-state index is 0.518. The molecule has 4 nitrogen and oxygen atoms in total. The summed E-state index contributed by atoms with van der Waals surface area (Å²) in [6, 6.07) is 10.5. The van der Waals surface area contributed by atoms with Gasteiger partial charge in [0.2, 0.25) is 0 Å². The van der Waals surface area contributed by atoms with Crippen molar-refractivity contribution >= 4 is 17.2 Å². The van der Waals surface area contributed by atoms with E-state index in [1.807, 2.05) is 19.9 Å². The summed E-state index contributed by atoms with van der Waals surface area (Å²) in [4.78, 5) is 0. The number of rotatable bonds is 4. The molecule has 3 aromatic rings. The first kappa shape index (κ1) is 14.0. The fourth-order valence-corrected chi connectivity index (χ4v) is 2.60. The zero-order valence-corrected chi connectivity index (χ0v) is 12.9. The molecule has 1 aromatic carbocycles. The molecule has 0 saturated heterocycles. The third-order valence-electron chi connectivity index (χ3n) is 3.81. The van der Waals surface area contributed by atoms with E-state index in [2.05, 4.69) is 39.6 Å². The second-order valence-corrected chi connectivity index (χ2v) is 5.59. The highest BCUT2D eigenvalue weighted by atomic mass is 35.5. The first-order valence-corrected chi connectivity index (χ1v) is 7.45. The van der Waals surface area contributed by atoms with Gasteiger partial charge in [0.1, 0.15) is 0 Å². The van der Waals surface area contributed by atoms with E-state index in [1.54, 1.807) is 4.52 Å². The van der Waals surface area contributed by atoms with Crippen molar-refractivity contribution in [3.63, 3.8) is 0 Å². The molecule has 0 atom stereocenters. The highest BCUT2D eigenvalue weighted by Crippen LogP contribution is 2.20. The first-order chi connectivity index (χ1) is 10.2. The molecule has 0 fully saturated rings. The summed E-state index contributed by atoms with van der Waals surface area (Å²) in [5, 5.41) is 13.4. The lowest BCUT2D eigenvalue weighted by Crippen LogP contribution is -2.03. The van der Waals surface area contributed by atoms with E-state index < -0.39 is 0 Å². The number of hydrogen-bond acceptors (Lipinski definition) is 3. The number of nitrogens with zero attached hydrogens (tertiary/aromatic N) is 4. The Kier molecular flexibility index (Phi) is 3.88. The van der Waals surface area contributed by atoms with Crippen LogP contribution in [0.2, 0.25) is 5.15 Å². The van der Waals surface area contributed by atoms with Gasteiger partial charge in [0.15, 0.2) is 16.6 Å². The molecule has 0 N–H and O–H groups in total. The molecule has 0 amide bonds. The Labute approximate surface area is 128 Å². The van der Waals surface area contributed by atoms with Gasteiger partial charge < -0.3 is 0 Å². The van der Waals surface area contributed by atoms with Gasteiger partial charge in [-0.15, -0.1) is 10.2 Å². The van der Waals surface area contributed by atoms with Crippen LogP contribution in [0.1, 0.15) is 28.9 Å². The SMILES string of the molecule is Cc1c(Cl)nn2c(CCCc3ccccc3)nnc2c1C. The lowest BCUT2D eigenvalue weighted by atomic mass is 10.1. The van der Waals surface area contributed by atoms with Crippen molar-refractivity contribution in [1.82, 2.24) is 19.8 Å². The second-order valence-electron chi connectivity index (χ2n) is 5.23. The van der Waals surface area contributed by atoms with Crippen molar-refractivity contribution < 1.29 is 0 Å². The Morgan fingerprint density at radius 2 is 1.76 bits per heavy atom. The molecular formula is C16H17ClN4. The molecular weight excluding hydrogens is 284 g/mol. The molecule has 108 valence electrons. The van der Waals surface area contributed by atoms with E-state index in [-0.39, 0.29) is 0 Å². The minimum Gasteiger partial charge on any atom is -0.196 e. The maximum absolute atomic E-state index is 6.16. The van der Waals surface area contributed by atoms with Crippen molar-refractivity contribution in [2.24, 2.45) is 0 Å². The van der Waals surface area contributed by atoms with Crippen LogP contribution in [0.5, 0.6) is 0 Å². The standard InChI is InChI=1S/C16H17ClN4/c1-11-12(2)16-19-18-14(21(16)20-15(11)17)10-6-9-13-7-4-3-5-8-13/h3-5,7-8H,6,9-10H2,1-2H3. The van der Waals surface area contributed by atoms with Gasteiger partial charge in [-0.05, 0) is 37.8 Å². The van der Waals surface area contributed by atoms with Gasteiger partial charge in [-0.1, -0.05) is 41.9 Å². The molecule has 0 bridgehead atoms. The average molecular weight is 301 g/mol. The molecule has 0 aliphatic heterocycles. The molecule has 2 aromatic heterocycles.